The summed E-state index contributed by atoms with van der Waals surface area (Å²) in [6.07, 6.45) is 6.86. The summed E-state index contributed by atoms with van der Waals surface area (Å²) >= 11 is 0. The molecule has 4 nitrogen and oxygen atoms in total. The van der Waals surface area contributed by atoms with Crippen LogP contribution in [0.4, 0.5) is 0 Å². The van der Waals surface area contributed by atoms with Gasteiger partial charge in [0.25, 0.3) is 0 Å². The van der Waals surface area contributed by atoms with Crippen LogP contribution in [0.3, 0.4) is 0 Å². The van der Waals surface area contributed by atoms with Crippen molar-refractivity contribution in [1.29, 1.82) is 0 Å². The Kier molecular flexibility index (Phi) is 2.74. The quantitative estimate of drug-likeness (QED) is 0.686. The number of piperidine rings is 4. The minimum Gasteiger partial charge on any atom is -0.337 e. The van der Waals surface area contributed by atoms with Crippen molar-refractivity contribution in [3.63, 3.8) is 0 Å². The molecule has 4 fully saturated rings. The number of carbonyl (C=O) groups is 2. The predicted octanol–water partition coefficient (Wildman–Crippen LogP) is 2.18. The lowest BCUT2D eigenvalue weighted by atomic mass is 9.60. The maximum absolute atomic E-state index is 12.4. The van der Waals surface area contributed by atoms with Gasteiger partial charge in [-0.25, -0.2) is 0 Å². The molecule has 0 saturated carbocycles. The van der Waals surface area contributed by atoms with Gasteiger partial charge in [0.2, 0.25) is 11.8 Å². The first-order valence-corrected chi connectivity index (χ1v) is 8.56. The second kappa shape index (κ2) is 4.23. The maximum Gasteiger partial charge on any atom is 0.223 e. The highest BCUT2D eigenvalue weighted by Crippen LogP contribution is 2.52. The van der Waals surface area contributed by atoms with Crippen molar-refractivity contribution in [2.45, 2.75) is 69.9 Å². The van der Waals surface area contributed by atoms with Crippen LogP contribution in [0.1, 0.15) is 58.8 Å². The van der Waals surface area contributed by atoms with Gasteiger partial charge < -0.3 is 9.80 Å². The lowest BCUT2D eigenvalue weighted by Gasteiger charge is -2.65. The van der Waals surface area contributed by atoms with E-state index in [1.54, 1.807) is 0 Å². The van der Waals surface area contributed by atoms with Crippen molar-refractivity contribution < 1.29 is 9.59 Å². The van der Waals surface area contributed by atoms with Crippen molar-refractivity contribution in [2.24, 2.45) is 11.8 Å². The number of hydrogen-bond acceptors (Lipinski definition) is 2. The molecule has 4 aliphatic heterocycles. The van der Waals surface area contributed by atoms with Crippen molar-refractivity contribution in [3.8, 4) is 0 Å². The van der Waals surface area contributed by atoms with Gasteiger partial charge in [0, 0.05) is 37.0 Å². The molecule has 4 aliphatic rings. The molecule has 0 aromatic carbocycles. The zero-order valence-corrected chi connectivity index (χ0v) is 13.2. The molecule has 0 radical (unpaired) electrons. The van der Waals surface area contributed by atoms with Gasteiger partial charge in [-0.1, -0.05) is 0 Å². The second-order valence-electron chi connectivity index (χ2n) is 8.06. The Labute approximate surface area is 126 Å². The van der Waals surface area contributed by atoms with Crippen LogP contribution in [0.5, 0.6) is 0 Å². The van der Waals surface area contributed by atoms with Crippen molar-refractivity contribution >= 4 is 11.8 Å². The number of hydrogen-bond donors (Lipinski definition) is 0. The van der Waals surface area contributed by atoms with E-state index in [1.807, 2.05) is 0 Å². The van der Waals surface area contributed by atoms with Crippen LogP contribution < -0.4 is 0 Å². The fourth-order valence-electron chi connectivity index (χ4n) is 5.61. The fourth-order valence-corrected chi connectivity index (χ4v) is 5.61. The van der Waals surface area contributed by atoms with Crippen molar-refractivity contribution in [2.75, 3.05) is 13.1 Å². The average Bonchev–Trinajstić information content (AvgIpc) is 2.43. The molecular weight excluding hydrogens is 264 g/mol. The first-order chi connectivity index (χ1) is 9.95. The van der Waals surface area contributed by atoms with E-state index in [9.17, 15) is 9.59 Å². The average molecular weight is 290 g/mol. The Balaban J connectivity index is 1.72. The number of amides is 2. The fraction of sp³-hybridized carbons (Fsp3) is 0.882. The molecule has 0 aromatic heterocycles. The summed E-state index contributed by atoms with van der Waals surface area (Å²) in [6.45, 7) is 6.27. The smallest absolute Gasteiger partial charge is 0.223 e. The summed E-state index contributed by atoms with van der Waals surface area (Å²) in [5, 5.41) is 0. The summed E-state index contributed by atoms with van der Waals surface area (Å²) in [5.41, 5.74) is -0.0181. The highest BCUT2D eigenvalue weighted by atomic mass is 16.2. The van der Waals surface area contributed by atoms with Gasteiger partial charge in [0.05, 0.1) is 0 Å². The summed E-state index contributed by atoms with van der Waals surface area (Å²) < 4.78 is 0. The van der Waals surface area contributed by atoms with Crippen LogP contribution in [0.25, 0.3) is 0 Å². The Hall–Kier alpha value is -1.06. The van der Waals surface area contributed by atoms with Crippen LogP contribution in [0.2, 0.25) is 0 Å². The largest absolute Gasteiger partial charge is 0.337 e. The number of rotatable bonds is 0. The van der Waals surface area contributed by atoms with Gasteiger partial charge in [-0.2, -0.15) is 0 Å². The Morgan fingerprint density at radius 1 is 0.857 bits per heavy atom. The van der Waals surface area contributed by atoms with E-state index in [0.29, 0.717) is 36.5 Å². The molecule has 116 valence electrons. The molecule has 2 amide bonds. The maximum atomic E-state index is 12.4. The van der Waals surface area contributed by atoms with Gasteiger partial charge >= 0.3 is 0 Å². The van der Waals surface area contributed by atoms with Crippen LogP contribution in [0.15, 0.2) is 0 Å². The third kappa shape index (κ3) is 1.68. The molecule has 0 aliphatic carbocycles. The third-order valence-electron chi connectivity index (χ3n) is 7.12. The monoisotopic (exact) mass is 290 g/mol. The van der Waals surface area contributed by atoms with E-state index in [4.69, 9.17) is 0 Å². The summed E-state index contributed by atoms with van der Waals surface area (Å²) in [7, 11) is 0. The molecule has 0 aromatic rings. The minimum atomic E-state index is -0.00904. The van der Waals surface area contributed by atoms with Gasteiger partial charge in [0.1, 0.15) is 0 Å². The molecule has 0 N–H and O–H groups in total. The van der Waals surface area contributed by atoms with Crippen molar-refractivity contribution in [1.82, 2.24) is 9.80 Å². The summed E-state index contributed by atoms with van der Waals surface area (Å²) in [4.78, 5) is 29.3. The third-order valence-corrected chi connectivity index (χ3v) is 7.12. The van der Waals surface area contributed by atoms with Gasteiger partial charge in [-0.15, -0.1) is 0 Å². The Morgan fingerprint density at radius 3 is 1.71 bits per heavy atom. The lowest BCUT2D eigenvalue weighted by Crippen LogP contribution is -2.73. The van der Waals surface area contributed by atoms with Gasteiger partial charge in [-0.05, 0) is 57.8 Å². The molecule has 4 rings (SSSR count). The number of nitrogens with zero attached hydrogens (tertiary/aromatic N) is 2. The first kappa shape index (κ1) is 13.6. The molecule has 4 heteroatoms. The molecule has 4 saturated heterocycles. The molecular formula is C17H26N2O2. The van der Waals surface area contributed by atoms with E-state index in [-0.39, 0.29) is 11.1 Å². The van der Waals surface area contributed by atoms with Crippen LogP contribution in [-0.2, 0) is 9.59 Å². The highest BCUT2D eigenvalue weighted by molar-refractivity contribution is 5.80. The molecule has 21 heavy (non-hydrogen) atoms. The first-order valence-electron chi connectivity index (χ1n) is 8.56. The molecule has 0 unspecified atom stereocenters. The molecule has 4 atom stereocenters. The van der Waals surface area contributed by atoms with Crippen molar-refractivity contribution in [3.05, 3.63) is 0 Å². The van der Waals surface area contributed by atoms with Gasteiger partial charge in [-0.3, -0.25) is 9.59 Å². The highest BCUT2D eigenvalue weighted by Gasteiger charge is 2.59. The second-order valence-corrected chi connectivity index (χ2v) is 8.06. The standard InChI is InChI=1S/C17H26N2O2/c1-16-7-3-5-14(20)18(16)11-13-9-12(16)10-19-15(21)6-4-8-17(13,19)2/h12-13H,3-11H2,1-2H3/t12-,13-,16-,17+/m0/s1. The van der Waals surface area contributed by atoms with E-state index in [0.717, 1.165) is 38.8 Å². The SMILES string of the molecule is C[C@@]12CCCC(=O)N1C[C@@H]1C[C@H]2CN2C(=O)CCC[C@]12C. The van der Waals surface area contributed by atoms with E-state index >= 15 is 0 Å². The number of fused-ring (bicyclic) bond motifs is 6. The van der Waals surface area contributed by atoms with E-state index in [1.165, 1.54) is 6.42 Å². The Morgan fingerprint density at radius 2 is 1.29 bits per heavy atom. The Bertz CT molecular complexity index is 461. The zero-order chi connectivity index (χ0) is 14.8. The lowest BCUT2D eigenvalue weighted by molar-refractivity contribution is -0.180. The zero-order valence-electron chi connectivity index (χ0n) is 13.2. The summed E-state index contributed by atoms with van der Waals surface area (Å²) in [6, 6.07) is 0. The number of carbonyl (C=O) groups excluding carboxylic acids is 2. The van der Waals surface area contributed by atoms with E-state index in [2.05, 4.69) is 23.6 Å². The molecule has 2 bridgehead atoms. The summed E-state index contributed by atoms with van der Waals surface area (Å²) in [5.74, 6) is 1.63. The van der Waals surface area contributed by atoms with Crippen LogP contribution in [0, 0.1) is 11.8 Å². The molecule has 4 heterocycles. The van der Waals surface area contributed by atoms with E-state index < -0.39 is 0 Å². The molecule has 0 spiro atoms. The predicted molar refractivity (Wildman–Crippen MR) is 79.5 cm³/mol. The normalized spacial score (nSPS) is 46.2. The minimum absolute atomic E-state index is 0.00904. The van der Waals surface area contributed by atoms with Gasteiger partial charge in [0.15, 0.2) is 0 Å². The topological polar surface area (TPSA) is 40.6 Å². The van der Waals surface area contributed by atoms with Crippen LogP contribution in [-0.4, -0.2) is 45.8 Å². The van der Waals surface area contributed by atoms with Crippen LogP contribution >= 0.6 is 0 Å².